The van der Waals surface area contributed by atoms with Crippen molar-refractivity contribution in [1.29, 1.82) is 0 Å². The summed E-state index contributed by atoms with van der Waals surface area (Å²) in [5.74, 6) is 1.35. The van der Waals surface area contributed by atoms with Crippen molar-refractivity contribution in [1.82, 2.24) is 15.6 Å². The summed E-state index contributed by atoms with van der Waals surface area (Å²) in [6, 6.07) is 2.12. The third kappa shape index (κ3) is 6.12. The number of anilines is 1. The Morgan fingerprint density at radius 2 is 2.14 bits per heavy atom. The number of carbonyl (C=O) groups excluding carboxylic acids is 1. The highest BCUT2D eigenvalue weighted by Gasteiger charge is 2.11. The fraction of sp³-hybridized carbons (Fsp3) is 0.625. The molecule has 0 aliphatic heterocycles. The lowest BCUT2D eigenvalue weighted by molar-refractivity contribution is -0.119. The summed E-state index contributed by atoms with van der Waals surface area (Å²) in [6.45, 7) is 11.1. The van der Waals surface area contributed by atoms with Crippen molar-refractivity contribution in [2.24, 2.45) is 5.92 Å². The first-order valence-corrected chi connectivity index (χ1v) is 7.58. The maximum absolute atomic E-state index is 11.9. The molecule has 0 saturated carbocycles. The van der Waals surface area contributed by atoms with Crippen LogP contribution < -0.4 is 15.5 Å². The highest BCUT2D eigenvalue weighted by Crippen LogP contribution is 2.16. The largest absolute Gasteiger partial charge is 0.354 e. The minimum atomic E-state index is 0.0316. The molecule has 1 rings (SSSR count). The van der Waals surface area contributed by atoms with E-state index in [1.54, 1.807) is 0 Å². The van der Waals surface area contributed by atoms with Crippen LogP contribution >= 0.6 is 0 Å². The van der Waals surface area contributed by atoms with Gasteiger partial charge in [0.05, 0.1) is 6.54 Å². The molecule has 1 heterocycles. The molecule has 0 bridgehead atoms. The Bertz CT molecular complexity index is 460. The summed E-state index contributed by atoms with van der Waals surface area (Å²) in [4.78, 5) is 18.2. The quantitative estimate of drug-likeness (QED) is 0.766. The van der Waals surface area contributed by atoms with Crippen LogP contribution in [0, 0.1) is 12.8 Å². The predicted octanol–water partition coefficient (Wildman–Crippen LogP) is 1.71. The number of nitrogens with zero attached hydrogens (tertiary/aromatic N) is 2. The number of hydrogen-bond acceptors (Lipinski definition) is 4. The molecule has 2 N–H and O–H groups in total. The lowest BCUT2D eigenvalue weighted by Crippen LogP contribution is -2.37. The molecule has 118 valence electrons. The van der Waals surface area contributed by atoms with Crippen molar-refractivity contribution in [2.75, 3.05) is 31.6 Å². The van der Waals surface area contributed by atoms with Gasteiger partial charge in [-0.05, 0) is 36.6 Å². The summed E-state index contributed by atoms with van der Waals surface area (Å²) >= 11 is 0. The maximum atomic E-state index is 11.9. The fourth-order valence-electron chi connectivity index (χ4n) is 2.06. The second kappa shape index (κ2) is 8.62. The Labute approximate surface area is 128 Å². The minimum absolute atomic E-state index is 0.0316. The van der Waals surface area contributed by atoms with E-state index in [2.05, 4.69) is 42.5 Å². The van der Waals surface area contributed by atoms with Crippen LogP contribution in [-0.4, -0.2) is 37.6 Å². The zero-order chi connectivity index (χ0) is 15.8. The molecule has 1 amide bonds. The lowest BCUT2D eigenvalue weighted by Gasteiger charge is -2.20. The standard InChI is InChI=1S/C16H28N4O/c1-6-17-9-14-7-13(4)16(19-10-14)20(5)11-15(21)18-8-12(2)3/h7,10,12,17H,6,8-9,11H2,1-5H3,(H,18,21). The van der Waals surface area contributed by atoms with Crippen LogP contribution in [0.25, 0.3) is 0 Å². The van der Waals surface area contributed by atoms with Crippen LogP contribution in [0.15, 0.2) is 12.3 Å². The van der Waals surface area contributed by atoms with Gasteiger partial charge in [0, 0.05) is 26.3 Å². The normalized spacial score (nSPS) is 10.8. The number of nitrogens with one attached hydrogen (secondary N) is 2. The number of pyridine rings is 1. The number of aromatic nitrogens is 1. The molecular weight excluding hydrogens is 264 g/mol. The summed E-state index contributed by atoms with van der Waals surface area (Å²) in [6.07, 6.45) is 1.87. The third-order valence-electron chi connectivity index (χ3n) is 3.14. The molecule has 0 unspecified atom stereocenters. The molecule has 21 heavy (non-hydrogen) atoms. The molecule has 1 aromatic heterocycles. The van der Waals surface area contributed by atoms with Crippen molar-refractivity contribution >= 4 is 11.7 Å². The van der Waals surface area contributed by atoms with Gasteiger partial charge in [-0.3, -0.25) is 4.79 Å². The smallest absolute Gasteiger partial charge is 0.239 e. The highest BCUT2D eigenvalue weighted by atomic mass is 16.2. The first kappa shape index (κ1) is 17.4. The summed E-state index contributed by atoms with van der Waals surface area (Å²) in [7, 11) is 1.90. The van der Waals surface area contributed by atoms with E-state index in [-0.39, 0.29) is 5.91 Å². The van der Waals surface area contributed by atoms with Crippen LogP contribution in [0.2, 0.25) is 0 Å². The number of hydrogen-bond donors (Lipinski definition) is 2. The number of rotatable bonds is 8. The van der Waals surface area contributed by atoms with E-state index >= 15 is 0 Å². The summed E-state index contributed by atoms with van der Waals surface area (Å²) < 4.78 is 0. The second-order valence-corrected chi connectivity index (χ2v) is 5.82. The molecule has 0 radical (unpaired) electrons. The third-order valence-corrected chi connectivity index (χ3v) is 3.14. The average Bonchev–Trinajstić information content (AvgIpc) is 2.42. The van der Waals surface area contributed by atoms with Crippen LogP contribution in [0.5, 0.6) is 0 Å². The number of aryl methyl sites for hydroxylation is 1. The van der Waals surface area contributed by atoms with Gasteiger partial charge < -0.3 is 15.5 Å². The molecule has 0 aromatic carbocycles. The summed E-state index contributed by atoms with van der Waals surface area (Å²) in [5, 5.41) is 6.21. The van der Waals surface area contributed by atoms with Crippen LogP contribution in [0.4, 0.5) is 5.82 Å². The van der Waals surface area contributed by atoms with Gasteiger partial charge in [-0.25, -0.2) is 4.98 Å². The molecule has 0 aliphatic carbocycles. The second-order valence-electron chi connectivity index (χ2n) is 5.82. The van der Waals surface area contributed by atoms with E-state index < -0.39 is 0 Å². The predicted molar refractivity (Wildman–Crippen MR) is 87.5 cm³/mol. The van der Waals surface area contributed by atoms with Gasteiger partial charge in [0.1, 0.15) is 5.82 Å². The average molecular weight is 292 g/mol. The first-order chi connectivity index (χ1) is 9.93. The molecule has 0 atom stereocenters. The van der Waals surface area contributed by atoms with Gasteiger partial charge in [0.2, 0.25) is 5.91 Å². The first-order valence-electron chi connectivity index (χ1n) is 7.58. The van der Waals surface area contributed by atoms with Gasteiger partial charge in [0.15, 0.2) is 0 Å². The van der Waals surface area contributed by atoms with E-state index in [0.29, 0.717) is 19.0 Å². The van der Waals surface area contributed by atoms with Crippen LogP contribution in [0.1, 0.15) is 31.9 Å². The van der Waals surface area contributed by atoms with Crippen molar-refractivity contribution in [3.05, 3.63) is 23.4 Å². The Morgan fingerprint density at radius 3 is 2.71 bits per heavy atom. The van der Waals surface area contributed by atoms with Gasteiger partial charge >= 0.3 is 0 Å². The van der Waals surface area contributed by atoms with E-state index in [4.69, 9.17) is 0 Å². The molecule has 0 saturated heterocycles. The molecule has 0 aliphatic rings. The molecule has 5 heteroatoms. The lowest BCUT2D eigenvalue weighted by atomic mass is 10.2. The van der Waals surface area contributed by atoms with E-state index in [1.165, 1.54) is 0 Å². The van der Waals surface area contributed by atoms with Gasteiger partial charge in [-0.15, -0.1) is 0 Å². The highest BCUT2D eigenvalue weighted by molar-refractivity contribution is 5.81. The summed E-state index contributed by atoms with van der Waals surface area (Å²) in [5.41, 5.74) is 2.25. The van der Waals surface area contributed by atoms with Crippen LogP contribution in [-0.2, 0) is 11.3 Å². The van der Waals surface area contributed by atoms with Gasteiger partial charge in [-0.1, -0.05) is 20.8 Å². The Kier molecular flexibility index (Phi) is 7.15. The number of carbonyl (C=O) groups is 1. The molecular formula is C16H28N4O. The number of likely N-dealkylation sites (N-methyl/N-ethyl adjacent to an activating group) is 1. The molecule has 0 fully saturated rings. The van der Waals surface area contributed by atoms with Crippen molar-refractivity contribution in [3.63, 3.8) is 0 Å². The van der Waals surface area contributed by atoms with Crippen molar-refractivity contribution in [2.45, 2.75) is 34.2 Å². The Balaban J connectivity index is 2.61. The zero-order valence-electron chi connectivity index (χ0n) is 13.9. The van der Waals surface area contributed by atoms with E-state index in [0.717, 1.165) is 30.0 Å². The van der Waals surface area contributed by atoms with E-state index in [9.17, 15) is 4.79 Å². The Morgan fingerprint density at radius 1 is 1.43 bits per heavy atom. The van der Waals surface area contributed by atoms with Crippen molar-refractivity contribution < 1.29 is 4.79 Å². The maximum Gasteiger partial charge on any atom is 0.239 e. The SMILES string of the molecule is CCNCc1cnc(N(C)CC(=O)NCC(C)C)c(C)c1. The monoisotopic (exact) mass is 292 g/mol. The zero-order valence-corrected chi connectivity index (χ0v) is 13.9. The number of amides is 1. The Hall–Kier alpha value is -1.62. The minimum Gasteiger partial charge on any atom is -0.354 e. The molecule has 1 aromatic rings. The van der Waals surface area contributed by atoms with Crippen molar-refractivity contribution in [3.8, 4) is 0 Å². The van der Waals surface area contributed by atoms with Crippen LogP contribution in [0.3, 0.4) is 0 Å². The fourth-order valence-corrected chi connectivity index (χ4v) is 2.06. The topological polar surface area (TPSA) is 57.3 Å². The van der Waals surface area contributed by atoms with E-state index in [1.807, 2.05) is 25.1 Å². The van der Waals surface area contributed by atoms with Gasteiger partial charge in [0.25, 0.3) is 0 Å². The molecule has 5 nitrogen and oxygen atoms in total. The molecule has 0 spiro atoms. The van der Waals surface area contributed by atoms with Gasteiger partial charge in [-0.2, -0.15) is 0 Å².